The van der Waals surface area contributed by atoms with Crippen molar-refractivity contribution in [2.75, 3.05) is 0 Å². The molecule has 0 bridgehead atoms. The van der Waals surface area contributed by atoms with Crippen LogP contribution in [0.3, 0.4) is 0 Å². The summed E-state index contributed by atoms with van der Waals surface area (Å²) in [5.41, 5.74) is -0.242. The molecule has 20 heavy (non-hydrogen) atoms. The van der Waals surface area contributed by atoms with Crippen LogP contribution < -0.4 is 4.74 Å². The molecule has 1 N–H and O–H groups in total. The van der Waals surface area contributed by atoms with Gasteiger partial charge in [-0.05, 0) is 6.07 Å². The van der Waals surface area contributed by atoms with Crippen molar-refractivity contribution in [1.29, 1.82) is 0 Å². The first kappa shape index (κ1) is 13.9. The highest BCUT2D eigenvalue weighted by atomic mass is 79.9. The molecule has 0 atom stereocenters. The summed E-state index contributed by atoms with van der Waals surface area (Å²) < 4.78 is 5.70. The predicted molar refractivity (Wildman–Crippen MR) is 69.9 cm³/mol. The average molecular weight is 340 g/mol. The summed E-state index contributed by atoms with van der Waals surface area (Å²) in [4.78, 5) is 28.2. The van der Waals surface area contributed by atoms with Crippen LogP contribution in [0.15, 0.2) is 35.1 Å². The Morgan fingerprint density at radius 1 is 1.30 bits per heavy atom. The number of aromatic nitrogens is 2. The number of carbonyl (C=O) groups is 1. The van der Waals surface area contributed by atoms with Crippen LogP contribution >= 0.6 is 15.9 Å². The Morgan fingerprint density at radius 3 is 2.50 bits per heavy atom. The van der Waals surface area contributed by atoms with Crippen LogP contribution in [0, 0.1) is 10.1 Å². The monoisotopic (exact) mass is 339 g/mol. The minimum Gasteiger partial charge on any atom is -0.478 e. The minimum atomic E-state index is -1.16. The molecule has 0 radical (unpaired) electrons. The number of hydrogen-bond acceptors (Lipinski definition) is 6. The Labute approximate surface area is 120 Å². The summed E-state index contributed by atoms with van der Waals surface area (Å²) in [7, 11) is 0. The molecular formula is C11H6BrN3O5. The molecule has 0 saturated carbocycles. The van der Waals surface area contributed by atoms with E-state index >= 15 is 0 Å². The molecule has 0 amide bonds. The first-order chi connectivity index (χ1) is 9.45. The lowest BCUT2D eigenvalue weighted by Crippen LogP contribution is -2.00. The van der Waals surface area contributed by atoms with Gasteiger partial charge in [0.05, 0.1) is 16.6 Å². The van der Waals surface area contributed by atoms with Crippen LogP contribution in [0.2, 0.25) is 0 Å². The molecule has 0 aliphatic heterocycles. The summed E-state index contributed by atoms with van der Waals surface area (Å²) in [6.45, 7) is 0. The van der Waals surface area contributed by atoms with Crippen molar-refractivity contribution in [3.8, 4) is 11.8 Å². The second-order valence-electron chi connectivity index (χ2n) is 3.56. The van der Waals surface area contributed by atoms with Gasteiger partial charge >= 0.3 is 12.0 Å². The maximum Gasteiger partial charge on any atom is 0.338 e. The lowest BCUT2D eigenvalue weighted by atomic mass is 10.3. The van der Waals surface area contributed by atoms with Gasteiger partial charge in [-0.2, -0.15) is 0 Å². The number of benzene rings is 1. The van der Waals surface area contributed by atoms with Crippen molar-refractivity contribution in [1.82, 2.24) is 9.97 Å². The summed E-state index contributed by atoms with van der Waals surface area (Å²) in [6, 6.07) is 3.92. The molecule has 1 aromatic carbocycles. The third kappa shape index (κ3) is 3.26. The fraction of sp³-hybridized carbons (Fsp3) is 0. The zero-order valence-electron chi connectivity index (χ0n) is 9.69. The van der Waals surface area contributed by atoms with Gasteiger partial charge in [-0.25, -0.2) is 14.8 Å². The second-order valence-corrected chi connectivity index (χ2v) is 4.48. The Balaban J connectivity index is 2.25. The molecular weight excluding hydrogens is 334 g/mol. The van der Waals surface area contributed by atoms with Crippen LogP contribution in [0.25, 0.3) is 0 Å². The highest BCUT2D eigenvalue weighted by Gasteiger charge is 2.11. The molecule has 0 aliphatic rings. The van der Waals surface area contributed by atoms with Gasteiger partial charge in [-0.1, -0.05) is 15.9 Å². The molecule has 2 aromatic rings. The van der Waals surface area contributed by atoms with Gasteiger partial charge in [-0.15, -0.1) is 0 Å². The van der Waals surface area contributed by atoms with Crippen LogP contribution in [-0.2, 0) is 0 Å². The number of ether oxygens (including phenoxy) is 1. The standard InChI is InChI=1S/C11H6BrN3O5/c12-7-1-8(15(18)19)3-9(2-7)20-11-13-4-6(5-14-11)10(16)17/h1-5H,(H,16,17). The molecule has 9 heteroatoms. The van der Waals surface area contributed by atoms with Crippen molar-refractivity contribution in [3.63, 3.8) is 0 Å². The van der Waals surface area contributed by atoms with E-state index < -0.39 is 10.9 Å². The van der Waals surface area contributed by atoms with Gasteiger partial charge in [0, 0.05) is 22.9 Å². The van der Waals surface area contributed by atoms with E-state index in [1.54, 1.807) is 0 Å². The van der Waals surface area contributed by atoms with E-state index in [-0.39, 0.29) is 23.0 Å². The number of nitro groups is 1. The summed E-state index contributed by atoms with van der Waals surface area (Å²) in [6.07, 6.45) is 2.16. The van der Waals surface area contributed by atoms with Crippen LogP contribution in [0.4, 0.5) is 5.69 Å². The smallest absolute Gasteiger partial charge is 0.338 e. The van der Waals surface area contributed by atoms with Crippen LogP contribution in [-0.4, -0.2) is 26.0 Å². The SMILES string of the molecule is O=C(O)c1cnc(Oc2cc(Br)cc([N+](=O)[O-])c2)nc1. The first-order valence-corrected chi connectivity index (χ1v) is 5.93. The topological polar surface area (TPSA) is 115 Å². The number of halogens is 1. The molecule has 0 saturated heterocycles. The van der Waals surface area contributed by atoms with Crippen molar-refractivity contribution >= 4 is 27.6 Å². The number of nitrogens with zero attached hydrogens (tertiary/aromatic N) is 3. The van der Waals surface area contributed by atoms with E-state index in [2.05, 4.69) is 25.9 Å². The number of nitro benzene ring substituents is 1. The van der Waals surface area contributed by atoms with E-state index in [0.717, 1.165) is 12.4 Å². The van der Waals surface area contributed by atoms with Gasteiger partial charge in [0.15, 0.2) is 0 Å². The maximum atomic E-state index is 10.7. The Morgan fingerprint density at radius 2 is 1.95 bits per heavy atom. The van der Waals surface area contributed by atoms with E-state index in [1.165, 1.54) is 18.2 Å². The second kappa shape index (κ2) is 5.61. The first-order valence-electron chi connectivity index (χ1n) is 5.14. The van der Waals surface area contributed by atoms with Crippen molar-refractivity contribution in [3.05, 3.63) is 50.7 Å². The molecule has 1 heterocycles. The van der Waals surface area contributed by atoms with E-state index in [1.807, 2.05) is 0 Å². The van der Waals surface area contributed by atoms with Gasteiger partial charge in [0.25, 0.3) is 5.69 Å². The Bertz CT molecular complexity index is 674. The van der Waals surface area contributed by atoms with E-state index in [9.17, 15) is 14.9 Å². The number of carboxylic acid groups (broad SMARTS) is 1. The number of aromatic carboxylic acids is 1. The molecule has 8 nitrogen and oxygen atoms in total. The fourth-order valence-corrected chi connectivity index (χ4v) is 1.76. The minimum absolute atomic E-state index is 0.0856. The van der Waals surface area contributed by atoms with E-state index in [0.29, 0.717) is 4.47 Å². The number of hydrogen-bond donors (Lipinski definition) is 1. The number of non-ortho nitro benzene ring substituents is 1. The fourth-order valence-electron chi connectivity index (χ4n) is 1.30. The predicted octanol–water partition coefficient (Wildman–Crippen LogP) is 2.64. The zero-order chi connectivity index (χ0) is 14.7. The van der Waals surface area contributed by atoms with Crippen molar-refractivity contribution in [2.24, 2.45) is 0 Å². The van der Waals surface area contributed by atoms with Crippen molar-refractivity contribution in [2.45, 2.75) is 0 Å². The molecule has 0 unspecified atom stereocenters. The van der Waals surface area contributed by atoms with Crippen LogP contribution in [0.1, 0.15) is 10.4 Å². The Kier molecular flexibility index (Phi) is 3.89. The normalized spacial score (nSPS) is 10.1. The third-order valence-corrected chi connectivity index (χ3v) is 2.61. The average Bonchev–Trinajstić information content (AvgIpc) is 2.38. The third-order valence-electron chi connectivity index (χ3n) is 2.15. The van der Waals surface area contributed by atoms with Crippen molar-refractivity contribution < 1.29 is 19.6 Å². The quantitative estimate of drug-likeness (QED) is 0.672. The molecule has 1 aromatic heterocycles. The number of carboxylic acids is 1. The lowest BCUT2D eigenvalue weighted by molar-refractivity contribution is -0.385. The maximum absolute atomic E-state index is 10.7. The summed E-state index contributed by atoms with van der Waals surface area (Å²) in [5, 5.41) is 19.4. The van der Waals surface area contributed by atoms with Gasteiger partial charge in [0.1, 0.15) is 5.75 Å². The molecule has 2 rings (SSSR count). The van der Waals surface area contributed by atoms with Gasteiger partial charge in [0.2, 0.25) is 0 Å². The number of rotatable bonds is 4. The lowest BCUT2D eigenvalue weighted by Gasteiger charge is -2.04. The van der Waals surface area contributed by atoms with Gasteiger partial charge in [-0.3, -0.25) is 10.1 Å². The van der Waals surface area contributed by atoms with E-state index in [4.69, 9.17) is 9.84 Å². The highest BCUT2D eigenvalue weighted by molar-refractivity contribution is 9.10. The molecule has 0 fully saturated rings. The summed E-state index contributed by atoms with van der Waals surface area (Å²) >= 11 is 3.12. The van der Waals surface area contributed by atoms with Crippen LogP contribution in [0.5, 0.6) is 11.8 Å². The Hall–Kier alpha value is -2.55. The highest BCUT2D eigenvalue weighted by Crippen LogP contribution is 2.28. The largest absolute Gasteiger partial charge is 0.478 e. The summed E-state index contributed by atoms with van der Waals surface area (Å²) in [5.74, 6) is -0.996. The molecule has 0 aliphatic carbocycles. The zero-order valence-corrected chi connectivity index (χ0v) is 11.3. The molecule has 102 valence electrons. The van der Waals surface area contributed by atoms with Gasteiger partial charge < -0.3 is 9.84 Å². The molecule has 0 spiro atoms.